The van der Waals surface area contributed by atoms with Crippen LogP contribution in [-0.2, 0) is 4.79 Å². The van der Waals surface area contributed by atoms with Gasteiger partial charge in [-0.2, -0.15) is 0 Å². The Morgan fingerprint density at radius 3 is 2.22 bits per heavy atom. The fraction of sp³-hybridized carbons (Fsp3) is 0.857. The van der Waals surface area contributed by atoms with Gasteiger partial charge < -0.3 is 4.79 Å². The molecule has 0 radical (unpaired) electrons. The molecule has 2 heteroatoms. The van der Waals surface area contributed by atoms with Crippen molar-refractivity contribution >= 4 is 22.2 Å². The fourth-order valence-electron chi connectivity index (χ4n) is 0.846. The lowest BCUT2D eigenvalue weighted by atomic mass is 10.0. The molecule has 0 N–H and O–H groups in total. The van der Waals surface area contributed by atoms with E-state index in [2.05, 4.69) is 29.8 Å². The Morgan fingerprint density at radius 1 is 1.67 bits per heavy atom. The molecule has 0 fully saturated rings. The molecule has 0 saturated carbocycles. The van der Waals surface area contributed by atoms with Crippen molar-refractivity contribution in [3.63, 3.8) is 0 Å². The van der Waals surface area contributed by atoms with Gasteiger partial charge in [0.15, 0.2) is 0 Å². The molecule has 0 aromatic heterocycles. The highest BCUT2D eigenvalue weighted by Gasteiger charge is 2.19. The lowest BCUT2D eigenvalue weighted by Gasteiger charge is -2.16. The van der Waals surface area contributed by atoms with Gasteiger partial charge in [0.25, 0.3) is 0 Å². The number of hydrogen-bond acceptors (Lipinski definition) is 1. The first-order valence-corrected chi connectivity index (χ1v) is 3.92. The van der Waals surface area contributed by atoms with E-state index < -0.39 is 0 Å². The largest absolute Gasteiger partial charge is 0.302 e. The van der Waals surface area contributed by atoms with Crippen molar-refractivity contribution in [3.05, 3.63) is 0 Å². The minimum atomic E-state index is -0.304. The third-order valence-corrected chi connectivity index (χ3v) is 1.56. The third kappa shape index (κ3) is 4.64. The summed E-state index contributed by atoms with van der Waals surface area (Å²) in [5.74, 6) is 0.569. The van der Waals surface area contributed by atoms with E-state index in [1.807, 2.05) is 6.92 Å². The molecule has 1 nitrogen and oxygen atoms in total. The summed E-state index contributed by atoms with van der Waals surface area (Å²) in [6.45, 7) is 6.09. The zero-order valence-corrected chi connectivity index (χ0v) is 7.73. The highest BCUT2D eigenvalue weighted by Crippen LogP contribution is 2.22. The van der Waals surface area contributed by atoms with Crippen molar-refractivity contribution < 1.29 is 4.79 Å². The Kier molecular flexibility index (Phi) is 3.41. The molecule has 0 spiro atoms. The lowest BCUT2D eigenvalue weighted by Crippen LogP contribution is -2.19. The molecule has 0 aromatic carbocycles. The molecule has 0 bridgehead atoms. The van der Waals surface area contributed by atoms with Gasteiger partial charge in [-0.15, -0.1) is 0 Å². The van der Waals surface area contributed by atoms with Gasteiger partial charge in [-0.05, 0) is 19.3 Å². The average molecular weight is 193 g/mol. The Morgan fingerprint density at radius 2 is 2.11 bits per heavy atom. The Labute approximate surface area is 65.0 Å². The van der Waals surface area contributed by atoms with E-state index >= 15 is 0 Å². The van der Waals surface area contributed by atoms with Crippen LogP contribution in [0.15, 0.2) is 0 Å². The molecule has 0 aromatic rings. The smallest absolute Gasteiger partial charge is 0.136 e. The molecule has 54 valence electrons. The van der Waals surface area contributed by atoms with Gasteiger partial charge in [0.2, 0.25) is 0 Å². The highest BCUT2D eigenvalue weighted by atomic mass is 79.9. The number of aldehydes is 1. The second-order valence-corrected chi connectivity index (χ2v) is 4.81. The molecule has 0 saturated heterocycles. The van der Waals surface area contributed by atoms with Crippen LogP contribution < -0.4 is 0 Å². The van der Waals surface area contributed by atoms with Crippen molar-refractivity contribution in [1.29, 1.82) is 0 Å². The summed E-state index contributed by atoms with van der Waals surface area (Å²) in [7, 11) is 0. The van der Waals surface area contributed by atoms with Crippen molar-refractivity contribution in [2.24, 2.45) is 5.92 Å². The van der Waals surface area contributed by atoms with Crippen LogP contribution in [0.5, 0.6) is 0 Å². The van der Waals surface area contributed by atoms with Crippen LogP contribution in [0.1, 0.15) is 27.2 Å². The van der Waals surface area contributed by atoms with Crippen molar-refractivity contribution in [2.75, 3.05) is 0 Å². The van der Waals surface area contributed by atoms with E-state index in [1.165, 1.54) is 0 Å². The Balaban J connectivity index is 3.71. The SMILES string of the molecule is CC(C)CC(C)(Br)C=O. The number of alkyl halides is 1. The summed E-state index contributed by atoms with van der Waals surface area (Å²) in [5.41, 5.74) is 0. The monoisotopic (exact) mass is 192 g/mol. The predicted octanol–water partition coefficient (Wildman–Crippen LogP) is 2.39. The van der Waals surface area contributed by atoms with Gasteiger partial charge in [-0.1, -0.05) is 29.8 Å². The Hall–Kier alpha value is 0.150. The maximum atomic E-state index is 10.3. The zero-order chi connectivity index (χ0) is 7.49. The molecule has 9 heavy (non-hydrogen) atoms. The van der Waals surface area contributed by atoms with E-state index in [0.29, 0.717) is 5.92 Å². The van der Waals surface area contributed by atoms with Gasteiger partial charge in [-0.25, -0.2) is 0 Å². The summed E-state index contributed by atoms with van der Waals surface area (Å²) < 4.78 is -0.304. The van der Waals surface area contributed by atoms with Gasteiger partial charge in [0.1, 0.15) is 6.29 Å². The molecular formula is C7H13BrO. The molecule has 0 aliphatic carbocycles. The number of halogens is 1. The summed E-state index contributed by atoms with van der Waals surface area (Å²) in [6, 6.07) is 0. The molecule has 0 amide bonds. The van der Waals surface area contributed by atoms with Crippen molar-refractivity contribution in [2.45, 2.75) is 31.5 Å². The fourth-order valence-corrected chi connectivity index (χ4v) is 1.49. The van der Waals surface area contributed by atoms with Crippen LogP contribution in [0.25, 0.3) is 0 Å². The first-order valence-electron chi connectivity index (χ1n) is 3.13. The van der Waals surface area contributed by atoms with Crippen LogP contribution in [0.4, 0.5) is 0 Å². The molecule has 1 atom stereocenters. The summed E-state index contributed by atoms with van der Waals surface area (Å²) >= 11 is 3.31. The molecule has 0 aliphatic heterocycles. The van der Waals surface area contributed by atoms with Crippen LogP contribution in [0.2, 0.25) is 0 Å². The van der Waals surface area contributed by atoms with E-state index in [1.54, 1.807) is 0 Å². The van der Waals surface area contributed by atoms with Crippen molar-refractivity contribution in [1.82, 2.24) is 0 Å². The molecule has 0 aliphatic rings. The normalized spacial score (nSPS) is 17.4. The predicted molar refractivity (Wildman–Crippen MR) is 42.9 cm³/mol. The van der Waals surface area contributed by atoms with E-state index in [9.17, 15) is 4.79 Å². The maximum absolute atomic E-state index is 10.3. The summed E-state index contributed by atoms with van der Waals surface area (Å²) in [4.78, 5) is 10.3. The van der Waals surface area contributed by atoms with E-state index in [-0.39, 0.29) is 4.32 Å². The number of carbonyl (C=O) groups is 1. The molecule has 0 heterocycles. The minimum Gasteiger partial charge on any atom is -0.302 e. The van der Waals surface area contributed by atoms with Gasteiger partial charge in [0, 0.05) is 0 Å². The van der Waals surface area contributed by atoms with Crippen LogP contribution in [0.3, 0.4) is 0 Å². The lowest BCUT2D eigenvalue weighted by molar-refractivity contribution is -0.109. The van der Waals surface area contributed by atoms with Gasteiger partial charge in [0.05, 0.1) is 4.32 Å². The van der Waals surface area contributed by atoms with Crippen molar-refractivity contribution in [3.8, 4) is 0 Å². The molecule has 1 unspecified atom stereocenters. The third-order valence-electron chi connectivity index (χ3n) is 1.05. The minimum absolute atomic E-state index is 0.304. The van der Waals surface area contributed by atoms with Crippen LogP contribution in [-0.4, -0.2) is 10.6 Å². The van der Waals surface area contributed by atoms with Gasteiger partial charge >= 0.3 is 0 Å². The van der Waals surface area contributed by atoms with Crippen LogP contribution >= 0.6 is 15.9 Å². The topological polar surface area (TPSA) is 17.1 Å². The number of rotatable bonds is 3. The zero-order valence-electron chi connectivity index (χ0n) is 6.15. The number of carbonyl (C=O) groups excluding carboxylic acids is 1. The molecular weight excluding hydrogens is 180 g/mol. The standard InChI is InChI=1S/C7H13BrO/c1-6(2)4-7(3,8)5-9/h5-6H,4H2,1-3H3. The second-order valence-electron chi connectivity index (χ2n) is 2.99. The summed E-state index contributed by atoms with van der Waals surface area (Å²) in [5, 5.41) is 0. The maximum Gasteiger partial charge on any atom is 0.136 e. The van der Waals surface area contributed by atoms with Crippen LogP contribution in [0, 0.1) is 5.92 Å². The van der Waals surface area contributed by atoms with E-state index in [4.69, 9.17) is 0 Å². The average Bonchev–Trinajstić information content (AvgIpc) is 1.63. The highest BCUT2D eigenvalue weighted by molar-refractivity contribution is 9.10. The summed E-state index contributed by atoms with van der Waals surface area (Å²) in [6.07, 6.45) is 1.85. The Bertz CT molecular complexity index is 97.1. The number of hydrogen-bond donors (Lipinski definition) is 0. The molecule has 0 rings (SSSR count). The quantitative estimate of drug-likeness (QED) is 0.496. The first-order chi connectivity index (χ1) is 3.98. The first kappa shape index (κ1) is 9.15. The van der Waals surface area contributed by atoms with Gasteiger partial charge in [-0.3, -0.25) is 0 Å². The second kappa shape index (κ2) is 3.35. The van der Waals surface area contributed by atoms with E-state index in [0.717, 1.165) is 12.7 Å².